The van der Waals surface area contributed by atoms with Gasteiger partial charge in [0.25, 0.3) is 0 Å². The van der Waals surface area contributed by atoms with Gasteiger partial charge in [-0.25, -0.2) is 4.79 Å². The quantitative estimate of drug-likeness (QED) is 0.809. The van der Waals surface area contributed by atoms with Crippen LogP contribution in [0.1, 0.15) is 40.0 Å². The molecule has 1 N–H and O–H groups in total. The van der Waals surface area contributed by atoms with Gasteiger partial charge in [-0.2, -0.15) is 0 Å². The maximum absolute atomic E-state index is 12.0. The van der Waals surface area contributed by atoms with Gasteiger partial charge in [-0.05, 0) is 51.9 Å². The molecule has 1 saturated carbocycles. The Morgan fingerprint density at radius 3 is 2.00 bits per heavy atom. The third-order valence-corrected chi connectivity index (χ3v) is 3.86. The Morgan fingerprint density at radius 2 is 1.60 bits per heavy atom. The third kappa shape index (κ3) is 4.27. The van der Waals surface area contributed by atoms with Crippen LogP contribution in [0.15, 0.2) is 0 Å². The number of carbonyl (C=O) groups is 2. The number of hydrogen-bond acceptors (Lipinski definition) is 3. The summed E-state index contributed by atoms with van der Waals surface area (Å²) in [6, 6.07) is 0. The van der Waals surface area contributed by atoms with Crippen molar-refractivity contribution in [3.8, 4) is 0 Å². The number of likely N-dealkylation sites (tertiary alicyclic amines) is 1. The highest BCUT2D eigenvalue weighted by atomic mass is 35.5. The second kappa shape index (κ2) is 6.20. The van der Waals surface area contributed by atoms with Crippen LogP contribution in [0.2, 0.25) is 0 Å². The van der Waals surface area contributed by atoms with Crippen LogP contribution in [0.3, 0.4) is 0 Å². The lowest BCUT2D eigenvalue weighted by atomic mass is 9.72. The van der Waals surface area contributed by atoms with Gasteiger partial charge in [-0.15, -0.1) is 12.4 Å². The van der Waals surface area contributed by atoms with E-state index < -0.39 is 11.6 Å². The Morgan fingerprint density at radius 1 is 1.10 bits per heavy atom. The Kier molecular flexibility index (Phi) is 5.30. The molecule has 20 heavy (non-hydrogen) atoms. The second-order valence-corrected chi connectivity index (χ2v) is 6.86. The molecule has 5 nitrogen and oxygen atoms in total. The second-order valence-electron chi connectivity index (χ2n) is 6.86. The fraction of sp³-hybridized carbons (Fsp3) is 0.857. The minimum absolute atomic E-state index is 0. The summed E-state index contributed by atoms with van der Waals surface area (Å²) >= 11 is 0. The van der Waals surface area contributed by atoms with Gasteiger partial charge in [0, 0.05) is 13.1 Å². The van der Waals surface area contributed by atoms with E-state index in [0.717, 1.165) is 6.42 Å². The summed E-state index contributed by atoms with van der Waals surface area (Å²) in [4.78, 5) is 24.9. The maximum atomic E-state index is 12.0. The summed E-state index contributed by atoms with van der Waals surface area (Å²) in [6.45, 7) is 6.84. The van der Waals surface area contributed by atoms with Crippen LogP contribution in [0.4, 0.5) is 4.79 Å². The third-order valence-electron chi connectivity index (χ3n) is 3.86. The molecule has 2 fully saturated rings. The number of ether oxygens (including phenoxy) is 1. The number of halogens is 1. The molecule has 2 unspecified atom stereocenters. The molecule has 1 amide bonds. The van der Waals surface area contributed by atoms with E-state index in [1.54, 1.807) is 4.90 Å². The molecule has 2 rings (SSSR count). The molecule has 0 aromatic carbocycles. The van der Waals surface area contributed by atoms with Crippen molar-refractivity contribution in [1.29, 1.82) is 0 Å². The van der Waals surface area contributed by atoms with E-state index in [2.05, 4.69) is 0 Å². The molecule has 0 aromatic rings. The van der Waals surface area contributed by atoms with Gasteiger partial charge >= 0.3 is 12.1 Å². The Bertz CT molecular complexity index is 366. The number of carboxylic acids is 1. The van der Waals surface area contributed by atoms with Gasteiger partial charge in [0.1, 0.15) is 5.60 Å². The number of carbonyl (C=O) groups excluding carboxylic acids is 1. The fourth-order valence-electron chi connectivity index (χ4n) is 3.24. The molecule has 2 aliphatic rings. The summed E-state index contributed by atoms with van der Waals surface area (Å²) in [5, 5.41) is 9.12. The normalized spacial score (nSPS) is 29.4. The predicted molar refractivity (Wildman–Crippen MR) is 77.0 cm³/mol. The van der Waals surface area contributed by atoms with Crippen molar-refractivity contribution in [1.82, 2.24) is 4.90 Å². The van der Waals surface area contributed by atoms with E-state index in [1.807, 2.05) is 20.8 Å². The molecule has 0 aromatic heterocycles. The van der Waals surface area contributed by atoms with Crippen molar-refractivity contribution in [2.24, 2.45) is 17.8 Å². The number of nitrogens with zero attached hydrogens (tertiary/aromatic N) is 1. The SMILES string of the molecule is CC(C)(C)OC(=O)N1CC2CC(CC(C(=O)O)C2)C1.Cl. The first kappa shape index (κ1) is 17.1. The number of carboxylic acid groups (broad SMARTS) is 1. The van der Waals surface area contributed by atoms with Gasteiger partial charge in [-0.1, -0.05) is 0 Å². The van der Waals surface area contributed by atoms with E-state index in [9.17, 15) is 9.59 Å². The van der Waals surface area contributed by atoms with Crippen molar-refractivity contribution in [3.63, 3.8) is 0 Å². The average Bonchev–Trinajstić information content (AvgIpc) is 2.25. The maximum Gasteiger partial charge on any atom is 0.410 e. The first-order valence-corrected chi connectivity index (χ1v) is 6.95. The number of amides is 1. The lowest BCUT2D eigenvalue weighted by molar-refractivity contribution is -0.145. The summed E-state index contributed by atoms with van der Waals surface area (Å²) in [5.41, 5.74) is -0.479. The molecular formula is C14H24ClNO4. The minimum Gasteiger partial charge on any atom is -0.481 e. The van der Waals surface area contributed by atoms with E-state index in [-0.39, 0.29) is 24.4 Å². The Balaban J connectivity index is 0.00000200. The molecule has 1 aliphatic carbocycles. The Hall–Kier alpha value is -0.970. The van der Waals surface area contributed by atoms with E-state index >= 15 is 0 Å². The highest BCUT2D eigenvalue weighted by molar-refractivity contribution is 5.85. The van der Waals surface area contributed by atoms with Crippen LogP contribution in [0, 0.1) is 17.8 Å². The first-order chi connectivity index (χ1) is 8.74. The average molecular weight is 306 g/mol. The topological polar surface area (TPSA) is 66.8 Å². The molecule has 2 atom stereocenters. The molecular weight excluding hydrogens is 282 g/mol. The largest absolute Gasteiger partial charge is 0.481 e. The summed E-state index contributed by atoms with van der Waals surface area (Å²) in [5.74, 6) is -0.313. The number of hydrogen-bond donors (Lipinski definition) is 1. The highest BCUT2D eigenvalue weighted by Gasteiger charge is 2.40. The van der Waals surface area contributed by atoms with Gasteiger partial charge in [0.05, 0.1) is 5.92 Å². The van der Waals surface area contributed by atoms with Crippen molar-refractivity contribution in [2.75, 3.05) is 13.1 Å². The lowest BCUT2D eigenvalue weighted by Crippen LogP contribution is -2.49. The zero-order valence-corrected chi connectivity index (χ0v) is 13.1. The van der Waals surface area contributed by atoms with Crippen LogP contribution in [-0.2, 0) is 9.53 Å². The zero-order valence-electron chi connectivity index (χ0n) is 12.3. The molecule has 1 saturated heterocycles. The molecule has 1 aliphatic heterocycles. The predicted octanol–water partition coefficient (Wildman–Crippen LogP) is 2.78. The standard InChI is InChI=1S/C14H23NO4.ClH/c1-14(2,3)19-13(18)15-7-9-4-10(8-15)6-11(5-9)12(16)17;/h9-11H,4-8H2,1-3H3,(H,16,17);1H. The van der Waals surface area contributed by atoms with Gasteiger partial charge in [-0.3, -0.25) is 4.79 Å². The number of piperidine rings is 1. The van der Waals surface area contributed by atoms with Crippen LogP contribution in [0.5, 0.6) is 0 Å². The monoisotopic (exact) mass is 305 g/mol. The first-order valence-electron chi connectivity index (χ1n) is 6.95. The van der Waals surface area contributed by atoms with E-state index in [4.69, 9.17) is 9.84 Å². The van der Waals surface area contributed by atoms with Crippen LogP contribution < -0.4 is 0 Å². The van der Waals surface area contributed by atoms with Crippen molar-refractivity contribution in [3.05, 3.63) is 0 Å². The molecule has 0 spiro atoms. The van der Waals surface area contributed by atoms with Gasteiger partial charge < -0.3 is 14.7 Å². The molecule has 2 bridgehead atoms. The summed E-state index contributed by atoms with van der Waals surface area (Å²) < 4.78 is 5.39. The van der Waals surface area contributed by atoms with E-state index in [1.165, 1.54) is 0 Å². The van der Waals surface area contributed by atoms with Gasteiger partial charge in [0.2, 0.25) is 0 Å². The summed E-state index contributed by atoms with van der Waals surface area (Å²) in [7, 11) is 0. The fourth-order valence-corrected chi connectivity index (χ4v) is 3.24. The molecule has 116 valence electrons. The van der Waals surface area contributed by atoms with Crippen molar-refractivity contribution in [2.45, 2.75) is 45.6 Å². The lowest BCUT2D eigenvalue weighted by Gasteiger charge is -2.43. The van der Waals surface area contributed by atoms with Crippen LogP contribution in [-0.4, -0.2) is 40.8 Å². The van der Waals surface area contributed by atoms with Crippen molar-refractivity contribution < 1.29 is 19.4 Å². The Labute approximate surface area is 126 Å². The minimum atomic E-state index is -0.694. The summed E-state index contributed by atoms with van der Waals surface area (Å²) in [6.07, 6.45) is 2.15. The molecule has 6 heteroatoms. The van der Waals surface area contributed by atoms with Crippen LogP contribution in [0.25, 0.3) is 0 Å². The number of fused-ring (bicyclic) bond motifs is 2. The van der Waals surface area contributed by atoms with Gasteiger partial charge in [0.15, 0.2) is 0 Å². The highest BCUT2D eigenvalue weighted by Crippen LogP contribution is 2.38. The molecule has 1 heterocycles. The van der Waals surface area contributed by atoms with Crippen molar-refractivity contribution >= 4 is 24.5 Å². The van der Waals surface area contributed by atoms with Crippen LogP contribution >= 0.6 is 12.4 Å². The molecule has 0 radical (unpaired) electrons. The smallest absolute Gasteiger partial charge is 0.410 e. The van der Waals surface area contributed by atoms with E-state index in [0.29, 0.717) is 37.8 Å². The zero-order chi connectivity index (χ0) is 14.2. The number of aliphatic carboxylic acids is 1. The number of rotatable bonds is 1.